The van der Waals surface area contributed by atoms with Crippen molar-refractivity contribution in [1.29, 1.82) is 0 Å². The van der Waals surface area contributed by atoms with Gasteiger partial charge in [-0.3, -0.25) is 4.79 Å². The van der Waals surface area contributed by atoms with E-state index in [0.717, 1.165) is 30.9 Å². The van der Waals surface area contributed by atoms with E-state index in [1.54, 1.807) is 0 Å². The summed E-state index contributed by atoms with van der Waals surface area (Å²) in [6.45, 7) is 2.62. The number of ketones is 1. The summed E-state index contributed by atoms with van der Waals surface area (Å²) < 4.78 is 0. The van der Waals surface area contributed by atoms with Gasteiger partial charge in [0.15, 0.2) is 5.78 Å². The lowest BCUT2D eigenvalue weighted by Gasteiger charge is -2.40. The van der Waals surface area contributed by atoms with Crippen LogP contribution in [0.2, 0.25) is 0 Å². The van der Waals surface area contributed by atoms with E-state index < -0.39 is 0 Å². The molecule has 2 aromatic carbocycles. The highest BCUT2D eigenvalue weighted by Crippen LogP contribution is 2.22. The molecule has 0 radical (unpaired) electrons. The molecule has 3 nitrogen and oxygen atoms in total. The molecule has 0 saturated carbocycles. The number of benzene rings is 2. The van der Waals surface area contributed by atoms with Crippen LogP contribution in [0.25, 0.3) is 0 Å². The molecule has 1 heterocycles. The number of Topliss-reactive ketones (excluding diaryl/α,β-unsaturated/α-hetero) is 1. The minimum Gasteiger partial charge on any atom is -0.359 e. The van der Waals surface area contributed by atoms with Gasteiger partial charge in [-0.25, -0.2) is 0 Å². The van der Waals surface area contributed by atoms with Crippen molar-refractivity contribution in [3.05, 3.63) is 66.2 Å². The van der Waals surface area contributed by atoms with Crippen molar-refractivity contribution in [3.63, 3.8) is 0 Å². The van der Waals surface area contributed by atoms with Crippen molar-refractivity contribution < 1.29 is 4.79 Å². The summed E-state index contributed by atoms with van der Waals surface area (Å²) in [6.07, 6.45) is 0. The molecule has 1 saturated heterocycles. The number of likely N-dealkylation sites (N-methyl/N-ethyl adjacent to an activating group) is 1. The van der Waals surface area contributed by atoms with Gasteiger partial charge >= 0.3 is 0 Å². The molecular formula is C18H20N2O. The number of piperazine rings is 1. The van der Waals surface area contributed by atoms with Crippen LogP contribution in [-0.2, 0) is 0 Å². The Kier molecular flexibility index (Phi) is 4.02. The van der Waals surface area contributed by atoms with E-state index >= 15 is 0 Å². The molecule has 0 spiro atoms. The highest BCUT2D eigenvalue weighted by Gasteiger charge is 2.31. The molecule has 1 atom stereocenters. The van der Waals surface area contributed by atoms with Crippen LogP contribution in [0, 0.1) is 0 Å². The number of hydrogen-bond donors (Lipinski definition) is 0. The van der Waals surface area contributed by atoms with Gasteiger partial charge in [0.1, 0.15) is 6.04 Å². The van der Waals surface area contributed by atoms with Gasteiger partial charge < -0.3 is 9.80 Å². The Hall–Kier alpha value is -2.13. The quantitative estimate of drug-likeness (QED) is 0.808. The molecule has 0 bridgehead atoms. The highest BCUT2D eigenvalue weighted by molar-refractivity contribution is 6.02. The van der Waals surface area contributed by atoms with E-state index in [2.05, 4.69) is 29.0 Å². The highest BCUT2D eigenvalue weighted by atomic mass is 16.1. The van der Waals surface area contributed by atoms with Crippen LogP contribution in [0.5, 0.6) is 0 Å². The lowest BCUT2D eigenvalue weighted by atomic mass is 10.00. The van der Waals surface area contributed by atoms with E-state index in [4.69, 9.17) is 0 Å². The standard InChI is InChI=1S/C18H20N2O/c1-19-12-13-20(16-10-6-3-7-11-16)17(14-19)18(21)15-8-4-2-5-9-15/h2-11,17H,12-14H2,1H3. The molecule has 0 aliphatic carbocycles. The van der Waals surface area contributed by atoms with Crippen LogP contribution in [0.1, 0.15) is 10.4 Å². The van der Waals surface area contributed by atoms with Crippen LogP contribution in [0.15, 0.2) is 60.7 Å². The number of hydrogen-bond acceptors (Lipinski definition) is 3. The molecule has 1 aliphatic rings. The molecule has 0 aromatic heterocycles. The molecule has 108 valence electrons. The first-order valence-corrected chi connectivity index (χ1v) is 7.35. The van der Waals surface area contributed by atoms with E-state index in [-0.39, 0.29) is 11.8 Å². The fourth-order valence-electron chi connectivity index (χ4n) is 2.87. The Morgan fingerprint density at radius 2 is 1.57 bits per heavy atom. The van der Waals surface area contributed by atoms with Gasteiger partial charge in [0, 0.05) is 30.9 Å². The maximum absolute atomic E-state index is 12.9. The summed E-state index contributed by atoms with van der Waals surface area (Å²) >= 11 is 0. The van der Waals surface area contributed by atoms with Gasteiger partial charge in [-0.05, 0) is 19.2 Å². The predicted octanol–water partition coefficient (Wildman–Crippen LogP) is 2.69. The van der Waals surface area contributed by atoms with Gasteiger partial charge in [-0.1, -0.05) is 48.5 Å². The van der Waals surface area contributed by atoms with Crippen molar-refractivity contribution in [2.45, 2.75) is 6.04 Å². The average Bonchev–Trinajstić information content (AvgIpc) is 2.56. The smallest absolute Gasteiger partial charge is 0.186 e. The molecule has 3 heteroatoms. The largest absolute Gasteiger partial charge is 0.359 e. The van der Waals surface area contributed by atoms with Crippen LogP contribution in [0.3, 0.4) is 0 Å². The van der Waals surface area contributed by atoms with Crippen molar-refractivity contribution >= 4 is 11.5 Å². The molecule has 2 aromatic rings. The molecule has 1 fully saturated rings. The SMILES string of the molecule is CN1CCN(c2ccccc2)C(C(=O)c2ccccc2)C1. The minimum absolute atomic E-state index is 0.117. The fraction of sp³-hybridized carbons (Fsp3) is 0.278. The maximum Gasteiger partial charge on any atom is 0.186 e. The summed E-state index contributed by atoms with van der Waals surface area (Å²) in [4.78, 5) is 17.3. The predicted molar refractivity (Wildman–Crippen MR) is 85.8 cm³/mol. The monoisotopic (exact) mass is 280 g/mol. The first-order chi connectivity index (χ1) is 10.3. The summed E-state index contributed by atoms with van der Waals surface area (Å²) in [5, 5.41) is 0. The topological polar surface area (TPSA) is 23.6 Å². The Morgan fingerprint density at radius 3 is 2.24 bits per heavy atom. The van der Waals surface area contributed by atoms with Gasteiger partial charge in [0.2, 0.25) is 0 Å². The second kappa shape index (κ2) is 6.10. The number of nitrogens with zero attached hydrogens (tertiary/aromatic N) is 2. The van der Waals surface area contributed by atoms with Gasteiger partial charge in [0.05, 0.1) is 0 Å². The Morgan fingerprint density at radius 1 is 0.952 bits per heavy atom. The zero-order valence-electron chi connectivity index (χ0n) is 12.3. The van der Waals surface area contributed by atoms with Gasteiger partial charge in [0.25, 0.3) is 0 Å². The zero-order valence-corrected chi connectivity index (χ0v) is 12.3. The summed E-state index contributed by atoms with van der Waals surface area (Å²) in [5.74, 6) is 0.200. The number of para-hydroxylation sites is 1. The summed E-state index contributed by atoms with van der Waals surface area (Å²) in [5.41, 5.74) is 1.92. The van der Waals surface area contributed by atoms with E-state index in [9.17, 15) is 4.79 Å². The third kappa shape index (κ3) is 2.98. The van der Waals surface area contributed by atoms with Crippen LogP contribution in [-0.4, -0.2) is 43.4 Å². The van der Waals surface area contributed by atoms with Crippen molar-refractivity contribution in [2.75, 3.05) is 31.6 Å². The molecular weight excluding hydrogens is 260 g/mol. The molecule has 3 rings (SSSR count). The molecule has 1 unspecified atom stereocenters. The number of anilines is 1. The van der Waals surface area contributed by atoms with Crippen molar-refractivity contribution in [1.82, 2.24) is 4.90 Å². The Balaban J connectivity index is 1.90. The lowest BCUT2D eigenvalue weighted by molar-refractivity contribution is 0.0920. The molecule has 1 aliphatic heterocycles. The molecule has 0 N–H and O–H groups in total. The minimum atomic E-state index is -0.117. The van der Waals surface area contributed by atoms with Gasteiger partial charge in [-0.15, -0.1) is 0 Å². The zero-order chi connectivity index (χ0) is 14.7. The van der Waals surface area contributed by atoms with Crippen molar-refractivity contribution in [3.8, 4) is 0 Å². The average molecular weight is 280 g/mol. The Bertz CT molecular complexity index is 597. The van der Waals surface area contributed by atoms with Gasteiger partial charge in [-0.2, -0.15) is 0 Å². The van der Waals surface area contributed by atoms with Crippen molar-refractivity contribution in [2.24, 2.45) is 0 Å². The molecule has 0 amide bonds. The second-order valence-corrected chi connectivity index (χ2v) is 5.54. The summed E-state index contributed by atoms with van der Waals surface area (Å²) in [7, 11) is 2.08. The molecule has 21 heavy (non-hydrogen) atoms. The fourth-order valence-corrected chi connectivity index (χ4v) is 2.87. The number of carbonyl (C=O) groups is 1. The second-order valence-electron chi connectivity index (χ2n) is 5.54. The van der Waals surface area contributed by atoms with E-state index in [1.807, 2.05) is 48.5 Å². The third-order valence-corrected chi connectivity index (χ3v) is 4.03. The van der Waals surface area contributed by atoms with E-state index in [1.165, 1.54) is 0 Å². The normalized spacial score (nSPS) is 19.5. The maximum atomic E-state index is 12.9. The van der Waals surface area contributed by atoms with Crippen LogP contribution in [0.4, 0.5) is 5.69 Å². The first-order valence-electron chi connectivity index (χ1n) is 7.35. The van der Waals surface area contributed by atoms with E-state index in [0.29, 0.717) is 0 Å². The lowest BCUT2D eigenvalue weighted by Crippen LogP contribution is -2.55. The van der Waals surface area contributed by atoms with Crippen LogP contribution < -0.4 is 4.90 Å². The Labute approximate surface area is 125 Å². The third-order valence-electron chi connectivity index (χ3n) is 4.03. The summed E-state index contributed by atoms with van der Waals surface area (Å²) in [6, 6.07) is 19.7. The van der Waals surface area contributed by atoms with Crippen LogP contribution >= 0.6 is 0 Å². The number of carbonyl (C=O) groups excluding carboxylic acids is 1. The first kappa shape index (κ1) is 13.8. The number of rotatable bonds is 3.